The molecular formula is C17H25ClFN. The zero-order chi connectivity index (χ0) is 14.5. The Kier molecular flexibility index (Phi) is 5.86. The molecule has 3 unspecified atom stereocenters. The highest BCUT2D eigenvalue weighted by Crippen LogP contribution is 2.36. The van der Waals surface area contributed by atoms with Gasteiger partial charge < -0.3 is 5.32 Å². The van der Waals surface area contributed by atoms with Gasteiger partial charge in [0, 0.05) is 0 Å². The first-order chi connectivity index (χ1) is 9.60. The van der Waals surface area contributed by atoms with Crippen molar-refractivity contribution in [2.75, 3.05) is 13.1 Å². The fourth-order valence-corrected chi connectivity index (χ4v) is 3.58. The van der Waals surface area contributed by atoms with E-state index in [4.69, 9.17) is 11.6 Å². The van der Waals surface area contributed by atoms with E-state index in [0.29, 0.717) is 5.92 Å². The minimum absolute atomic E-state index is 0.245. The number of nitrogens with one attached hydrogen (secondary N) is 1. The molecule has 3 heteroatoms. The van der Waals surface area contributed by atoms with Gasteiger partial charge in [0.15, 0.2) is 0 Å². The van der Waals surface area contributed by atoms with E-state index < -0.39 is 0 Å². The van der Waals surface area contributed by atoms with E-state index in [1.807, 2.05) is 6.07 Å². The Bertz CT molecular complexity index is 433. The molecule has 1 saturated carbocycles. The predicted octanol–water partition coefficient (Wildman–Crippen LogP) is 4.68. The maximum absolute atomic E-state index is 13.2. The quantitative estimate of drug-likeness (QED) is 0.832. The largest absolute Gasteiger partial charge is 0.317 e. The van der Waals surface area contributed by atoms with Gasteiger partial charge >= 0.3 is 0 Å². The number of hydrogen-bond donors (Lipinski definition) is 1. The van der Waals surface area contributed by atoms with Gasteiger partial charge in [-0.25, -0.2) is 4.39 Å². The van der Waals surface area contributed by atoms with E-state index in [2.05, 4.69) is 19.2 Å². The normalized spacial score (nSPS) is 26.7. The molecule has 112 valence electrons. The summed E-state index contributed by atoms with van der Waals surface area (Å²) in [6.45, 7) is 6.62. The molecule has 2 rings (SSSR count). The lowest BCUT2D eigenvalue weighted by atomic mass is 9.72. The first kappa shape index (κ1) is 15.8. The molecular weight excluding hydrogens is 273 g/mol. The first-order valence-electron chi connectivity index (χ1n) is 7.74. The van der Waals surface area contributed by atoms with Crippen molar-refractivity contribution in [2.24, 2.45) is 17.8 Å². The molecule has 1 aliphatic rings. The molecule has 3 atom stereocenters. The Morgan fingerprint density at radius 2 is 2.10 bits per heavy atom. The van der Waals surface area contributed by atoms with E-state index in [0.717, 1.165) is 36.9 Å². The minimum atomic E-state index is -0.323. The van der Waals surface area contributed by atoms with E-state index in [-0.39, 0.29) is 10.8 Å². The van der Waals surface area contributed by atoms with Gasteiger partial charge in [-0.05, 0) is 67.8 Å². The van der Waals surface area contributed by atoms with Crippen LogP contribution in [0.15, 0.2) is 18.2 Å². The topological polar surface area (TPSA) is 12.0 Å². The van der Waals surface area contributed by atoms with Crippen molar-refractivity contribution in [1.29, 1.82) is 0 Å². The molecule has 0 aliphatic heterocycles. The lowest BCUT2D eigenvalue weighted by molar-refractivity contribution is 0.184. The molecule has 0 bridgehead atoms. The van der Waals surface area contributed by atoms with Crippen LogP contribution in [0.25, 0.3) is 0 Å². The van der Waals surface area contributed by atoms with Crippen molar-refractivity contribution in [2.45, 2.75) is 39.5 Å². The third kappa shape index (κ3) is 4.20. The van der Waals surface area contributed by atoms with Crippen LogP contribution < -0.4 is 5.32 Å². The number of halogens is 2. The van der Waals surface area contributed by atoms with Crippen molar-refractivity contribution >= 4 is 11.6 Å². The van der Waals surface area contributed by atoms with Crippen LogP contribution >= 0.6 is 11.6 Å². The summed E-state index contributed by atoms with van der Waals surface area (Å²) in [5.41, 5.74) is 1.16. The summed E-state index contributed by atoms with van der Waals surface area (Å²) < 4.78 is 13.2. The molecule has 0 aromatic heterocycles. The maximum atomic E-state index is 13.2. The van der Waals surface area contributed by atoms with Crippen molar-refractivity contribution < 1.29 is 4.39 Å². The summed E-state index contributed by atoms with van der Waals surface area (Å²) in [6, 6.07) is 5.16. The lowest BCUT2D eigenvalue weighted by Gasteiger charge is -2.35. The zero-order valence-electron chi connectivity index (χ0n) is 12.5. The van der Waals surface area contributed by atoms with Crippen molar-refractivity contribution in [3.8, 4) is 0 Å². The third-order valence-corrected chi connectivity index (χ3v) is 4.83. The number of rotatable bonds is 5. The fraction of sp³-hybridized carbons (Fsp3) is 0.647. The van der Waals surface area contributed by atoms with Crippen LogP contribution in [0.5, 0.6) is 0 Å². The van der Waals surface area contributed by atoms with Crippen LogP contribution in [-0.2, 0) is 6.42 Å². The van der Waals surface area contributed by atoms with Crippen LogP contribution in [-0.4, -0.2) is 13.1 Å². The molecule has 1 nitrogen and oxygen atoms in total. The third-order valence-electron chi connectivity index (χ3n) is 4.54. The summed E-state index contributed by atoms with van der Waals surface area (Å²) in [4.78, 5) is 0. The van der Waals surface area contributed by atoms with Gasteiger partial charge in [0.25, 0.3) is 0 Å². The smallest absolute Gasteiger partial charge is 0.141 e. The number of hydrogen-bond acceptors (Lipinski definition) is 1. The Morgan fingerprint density at radius 1 is 1.30 bits per heavy atom. The monoisotopic (exact) mass is 297 g/mol. The van der Waals surface area contributed by atoms with Gasteiger partial charge in [-0.15, -0.1) is 0 Å². The summed E-state index contributed by atoms with van der Waals surface area (Å²) in [6.07, 6.45) is 4.91. The van der Waals surface area contributed by atoms with Crippen LogP contribution in [0.3, 0.4) is 0 Å². The Labute approximate surface area is 126 Å². The summed E-state index contributed by atoms with van der Waals surface area (Å²) in [5.74, 6) is 1.89. The maximum Gasteiger partial charge on any atom is 0.141 e. The highest BCUT2D eigenvalue weighted by Gasteiger charge is 2.28. The molecule has 1 fully saturated rings. The summed E-state index contributed by atoms with van der Waals surface area (Å²) in [7, 11) is 0. The Morgan fingerprint density at radius 3 is 2.80 bits per heavy atom. The second kappa shape index (κ2) is 7.42. The van der Waals surface area contributed by atoms with E-state index in [1.54, 1.807) is 6.07 Å². The standard InChI is InChI=1S/C17H25ClFN/c1-3-20-11-14-6-4-12(2)8-15(14)9-13-5-7-17(19)16(18)10-13/h5,7,10,12,14-15,20H,3-4,6,8-9,11H2,1-2H3. The average molecular weight is 298 g/mol. The van der Waals surface area contributed by atoms with Gasteiger partial charge in [-0.1, -0.05) is 37.9 Å². The van der Waals surface area contributed by atoms with Crippen LogP contribution in [0.2, 0.25) is 5.02 Å². The summed E-state index contributed by atoms with van der Waals surface area (Å²) in [5, 5.41) is 3.73. The predicted molar refractivity (Wildman–Crippen MR) is 83.7 cm³/mol. The SMILES string of the molecule is CCNCC1CCC(C)CC1Cc1ccc(F)c(Cl)c1. The highest BCUT2D eigenvalue weighted by molar-refractivity contribution is 6.30. The molecule has 0 heterocycles. The van der Waals surface area contributed by atoms with E-state index in [1.165, 1.54) is 25.3 Å². The average Bonchev–Trinajstić information content (AvgIpc) is 2.42. The lowest BCUT2D eigenvalue weighted by Crippen LogP contribution is -2.33. The second-order valence-electron chi connectivity index (χ2n) is 6.20. The second-order valence-corrected chi connectivity index (χ2v) is 6.61. The van der Waals surface area contributed by atoms with Crippen LogP contribution in [0.1, 0.15) is 38.7 Å². The van der Waals surface area contributed by atoms with Crippen molar-refractivity contribution in [3.05, 3.63) is 34.6 Å². The first-order valence-corrected chi connectivity index (χ1v) is 8.12. The van der Waals surface area contributed by atoms with Crippen molar-refractivity contribution in [3.63, 3.8) is 0 Å². The van der Waals surface area contributed by atoms with Gasteiger partial charge in [0.1, 0.15) is 5.82 Å². The zero-order valence-corrected chi connectivity index (χ0v) is 13.2. The summed E-state index contributed by atoms with van der Waals surface area (Å²) >= 11 is 5.89. The van der Waals surface area contributed by atoms with Crippen LogP contribution in [0.4, 0.5) is 4.39 Å². The molecule has 0 spiro atoms. The molecule has 1 aromatic carbocycles. The molecule has 0 radical (unpaired) electrons. The highest BCUT2D eigenvalue weighted by atomic mass is 35.5. The van der Waals surface area contributed by atoms with Gasteiger partial charge in [0.2, 0.25) is 0 Å². The van der Waals surface area contributed by atoms with Crippen LogP contribution in [0, 0.1) is 23.6 Å². The van der Waals surface area contributed by atoms with Crippen molar-refractivity contribution in [1.82, 2.24) is 5.32 Å². The fourth-order valence-electron chi connectivity index (χ4n) is 3.38. The Hall–Kier alpha value is -0.600. The minimum Gasteiger partial charge on any atom is -0.317 e. The van der Waals surface area contributed by atoms with E-state index in [9.17, 15) is 4.39 Å². The molecule has 1 aliphatic carbocycles. The van der Waals surface area contributed by atoms with Gasteiger partial charge in [0.05, 0.1) is 5.02 Å². The molecule has 1 N–H and O–H groups in total. The molecule has 0 saturated heterocycles. The Balaban J connectivity index is 2.04. The molecule has 1 aromatic rings. The van der Waals surface area contributed by atoms with Gasteiger partial charge in [-0.2, -0.15) is 0 Å². The van der Waals surface area contributed by atoms with Gasteiger partial charge in [-0.3, -0.25) is 0 Å². The number of benzene rings is 1. The molecule has 20 heavy (non-hydrogen) atoms. The van der Waals surface area contributed by atoms with E-state index >= 15 is 0 Å². The molecule has 0 amide bonds.